The van der Waals surface area contributed by atoms with Crippen molar-refractivity contribution in [2.45, 2.75) is 11.5 Å². The van der Waals surface area contributed by atoms with E-state index in [-0.39, 0.29) is 11.3 Å². The lowest BCUT2D eigenvalue weighted by molar-refractivity contribution is -0.578. The third-order valence-corrected chi connectivity index (χ3v) is 7.23. The van der Waals surface area contributed by atoms with Crippen molar-refractivity contribution in [1.82, 2.24) is 0 Å². The summed E-state index contributed by atoms with van der Waals surface area (Å²) in [5, 5.41) is 22.0. The Hall–Kier alpha value is -4.33. The van der Waals surface area contributed by atoms with Gasteiger partial charge in [-0.1, -0.05) is 48.5 Å². The summed E-state index contributed by atoms with van der Waals surface area (Å²) in [4.78, 5) is 52.1. The lowest BCUT2D eigenvalue weighted by atomic mass is 9.51. The predicted octanol–water partition coefficient (Wildman–Crippen LogP) is 3.17. The molecule has 1 aliphatic heterocycles. The van der Waals surface area contributed by atoms with Gasteiger partial charge in [0.15, 0.2) is 0 Å². The minimum atomic E-state index is -1.88. The van der Waals surface area contributed by atoms with Gasteiger partial charge in [0.25, 0.3) is 5.54 Å². The molecule has 8 heteroatoms. The van der Waals surface area contributed by atoms with Gasteiger partial charge < -0.3 is 5.11 Å². The van der Waals surface area contributed by atoms with Crippen molar-refractivity contribution in [2.75, 3.05) is 4.90 Å². The minimum absolute atomic E-state index is 0.0110. The fourth-order valence-corrected chi connectivity index (χ4v) is 6.05. The quantitative estimate of drug-likeness (QED) is 0.380. The Bertz CT molecular complexity index is 1350. The Balaban J connectivity index is 1.61. The normalized spacial score (nSPS) is 26.5. The summed E-state index contributed by atoms with van der Waals surface area (Å²) >= 11 is 0. The molecule has 0 spiro atoms. The van der Waals surface area contributed by atoms with Crippen molar-refractivity contribution in [3.63, 3.8) is 0 Å². The SMILES string of the molecule is O=C(O)c1ccc(N2C(=O)[C@@H]3C4c5ccccc5C([N+](=O)[O-])(c5ccccc54)[C@@H]3C2=O)cc1. The number of rotatable bonds is 3. The summed E-state index contributed by atoms with van der Waals surface area (Å²) in [5.74, 6) is -4.89. The lowest BCUT2D eigenvalue weighted by Crippen LogP contribution is -2.57. The third-order valence-electron chi connectivity index (χ3n) is 7.23. The number of carbonyl (C=O) groups excluding carboxylic acids is 2. The van der Waals surface area contributed by atoms with Gasteiger partial charge >= 0.3 is 5.97 Å². The highest BCUT2D eigenvalue weighted by Crippen LogP contribution is 2.64. The first-order valence-electron chi connectivity index (χ1n) is 10.4. The molecular weight excluding hydrogens is 424 g/mol. The van der Waals surface area contributed by atoms with Crippen LogP contribution < -0.4 is 4.90 Å². The highest BCUT2D eigenvalue weighted by atomic mass is 16.6. The lowest BCUT2D eigenvalue weighted by Gasteiger charge is -2.48. The van der Waals surface area contributed by atoms with Crippen LogP contribution in [0.15, 0.2) is 72.8 Å². The van der Waals surface area contributed by atoms with Gasteiger partial charge in [-0.25, -0.2) is 9.69 Å². The fraction of sp³-hybridized carbons (Fsp3) is 0.160. The van der Waals surface area contributed by atoms with E-state index < -0.39 is 46.0 Å². The summed E-state index contributed by atoms with van der Waals surface area (Å²) in [6.45, 7) is 0. The topological polar surface area (TPSA) is 118 Å². The van der Waals surface area contributed by atoms with Crippen LogP contribution in [0.5, 0.6) is 0 Å². The highest BCUT2D eigenvalue weighted by Gasteiger charge is 2.74. The molecule has 2 bridgehead atoms. The number of nitrogens with zero attached hydrogens (tertiary/aromatic N) is 2. The van der Waals surface area contributed by atoms with Gasteiger partial charge in [0.05, 0.1) is 17.2 Å². The summed E-state index contributed by atoms with van der Waals surface area (Å²) in [7, 11) is 0. The molecule has 0 saturated carbocycles. The molecule has 33 heavy (non-hydrogen) atoms. The molecule has 0 unspecified atom stereocenters. The second-order valence-electron chi connectivity index (χ2n) is 8.54. The van der Waals surface area contributed by atoms with Crippen LogP contribution in [0.25, 0.3) is 0 Å². The number of carboxylic acids is 1. The maximum Gasteiger partial charge on any atom is 0.335 e. The number of carbonyl (C=O) groups is 3. The molecule has 3 aromatic rings. The minimum Gasteiger partial charge on any atom is -0.478 e. The van der Waals surface area contributed by atoms with Gasteiger partial charge in [-0.05, 0) is 35.4 Å². The van der Waals surface area contributed by atoms with Gasteiger partial charge in [0.1, 0.15) is 5.92 Å². The second-order valence-corrected chi connectivity index (χ2v) is 8.54. The smallest absolute Gasteiger partial charge is 0.335 e. The number of hydrogen-bond acceptors (Lipinski definition) is 5. The van der Waals surface area contributed by atoms with E-state index in [1.54, 1.807) is 48.5 Å². The van der Waals surface area contributed by atoms with E-state index in [0.717, 1.165) is 4.90 Å². The van der Waals surface area contributed by atoms with E-state index in [0.29, 0.717) is 22.3 Å². The van der Waals surface area contributed by atoms with Crippen molar-refractivity contribution < 1.29 is 24.4 Å². The van der Waals surface area contributed by atoms with Gasteiger partial charge in [-0.15, -0.1) is 0 Å². The number of amides is 2. The fourth-order valence-electron chi connectivity index (χ4n) is 6.05. The summed E-state index contributed by atoms with van der Waals surface area (Å²) in [5.41, 5.74) is 0.618. The monoisotopic (exact) mass is 440 g/mol. The first-order valence-corrected chi connectivity index (χ1v) is 10.4. The molecule has 1 N–H and O–H groups in total. The second kappa shape index (κ2) is 6.35. The first kappa shape index (κ1) is 19.4. The van der Waals surface area contributed by atoms with Crippen molar-refractivity contribution >= 4 is 23.5 Å². The van der Waals surface area contributed by atoms with E-state index in [2.05, 4.69) is 0 Å². The van der Waals surface area contributed by atoms with Crippen LogP contribution in [0.1, 0.15) is 38.5 Å². The highest BCUT2D eigenvalue weighted by molar-refractivity contribution is 6.23. The average Bonchev–Trinajstić information content (AvgIpc) is 3.09. The number of nitro groups is 1. The number of aromatic carboxylic acids is 1. The van der Waals surface area contributed by atoms with E-state index in [1.165, 1.54) is 24.3 Å². The molecule has 2 atom stereocenters. The molecule has 1 heterocycles. The van der Waals surface area contributed by atoms with Crippen LogP contribution in [0.3, 0.4) is 0 Å². The van der Waals surface area contributed by atoms with Crippen molar-refractivity contribution in [3.05, 3.63) is 111 Å². The van der Waals surface area contributed by atoms with Crippen LogP contribution in [-0.4, -0.2) is 27.8 Å². The Labute approximate surface area is 187 Å². The summed E-state index contributed by atoms with van der Waals surface area (Å²) in [6.07, 6.45) is 0. The first-order chi connectivity index (χ1) is 15.9. The van der Waals surface area contributed by atoms with Gasteiger partial charge in [-0.3, -0.25) is 19.7 Å². The zero-order chi connectivity index (χ0) is 23.1. The molecule has 0 aromatic heterocycles. The Morgan fingerprint density at radius 3 is 1.94 bits per heavy atom. The summed E-state index contributed by atoms with van der Waals surface area (Å²) in [6, 6.07) is 19.3. The Kier molecular flexibility index (Phi) is 3.73. The number of anilines is 1. The molecule has 8 nitrogen and oxygen atoms in total. The molecule has 162 valence electrons. The molecule has 1 saturated heterocycles. The standard InChI is InChI=1S/C25H16N2O6/c28-22-20-19-15-5-1-3-7-17(15)25(27(32)33,18-8-4-2-6-16(18)19)21(20)23(29)26(22)14-11-9-13(10-12-14)24(30)31/h1-12,19-21H,(H,30,31)/t19?,20-,21+,25?/m1/s1. The van der Waals surface area contributed by atoms with E-state index in [9.17, 15) is 24.5 Å². The maximum absolute atomic E-state index is 13.8. The van der Waals surface area contributed by atoms with Crippen molar-refractivity contribution in [1.29, 1.82) is 0 Å². The number of carboxylic acid groups (broad SMARTS) is 1. The van der Waals surface area contributed by atoms with Gasteiger partial charge in [0, 0.05) is 22.0 Å². The average molecular weight is 440 g/mol. The van der Waals surface area contributed by atoms with Crippen LogP contribution in [0.2, 0.25) is 0 Å². The van der Waals surface area contributed by atoms with Crippen LogP contribution in [0, 0.1) is 22.0 Å². The Morgan fingerprint density at radius 2 is 1.42 bits per heavy atom. The number of benzene rings is 3. The number of imide groups is 1. The molecular formula is C25H16N2O6. The molecule has 3 aliphatic carbocycles. The molecule has 1 fully saturated rings. The molecule has 7 rings (SSSR count). The van der Waals surface area contributed by atoms with E-state index in [1.807, 2.05) is 0 Å². The van der Waals surface area contributed by atoms with Gasteiger partial charge in [-0.2, -0.15) is 0 Å². The van der Waals surface area contributed by atoms with Crippen molar-refractivity contribution in [3.8, 4) is 0 Å². The zero-order valence-corrected chi connectivity index (χ0v) is 17.0. The van der Waals surface area contributed by atoms with Gasteiger partial charge in [0.2, 0.25) is 11.8 Å². The third kappa shape index (κ3) is 2.17. The zero-order valence-electron chi connectivity index (χ0n) is 17.0. The van der Waals surface area contributed by atoms with Crippen LogP contribution in [0.4, 0.5) is 5.69 Å². The molecule has 0 radical (unpaired) electrons. The Morgan fingerprint density at radius 1 is 0.879 bits per heavy atom. The molecule has 2 amide bonds. The number of hydrogen-bond donors (Lipinski definition) is 1. The van der Waals surface area contributed by atoms with Crippen molar-refractivity contribution in [2.24, 2.45) is 11.8 Å². The van der Waals surface area contributed by atoms with Crippen LogP contribution in [-0.2, 0) is 15.1 Å². The largest absolute Gasteiger partial charge is 0.478 e. The summed E-state index contributed by atoms with van der Waals surface area (Å²) < 4.78 is 0. The van der Waals surface area contributed by atoms with E-state index >= 15 is 0 Å². The molecule has 4 aliphatic rings. The maximum atomic E-state index is 13.8. The molecule has 3 aromatic carbocycles. The predicted molar refractivity (Wildman–Crippen MR) is 115 cm³/mol. The van der Waals surface area contributed by atoms with E-state index in [4.69, 9.17) is 5.11 Å². The van der Waals surface area contributed by atoms with Crippen LogP contribution >= 0.6 is 0 Å².